The van der Waals surface area contributed by atoms with Crippen molar-refractivity contribution in [1.29, 1.82) is 0 Å². The molecular formula is C19H16ClN3O3. The second-order valence-electron chi connectivity index (χ2n) is 6.11. The third-order valence-corrected chi connectivity index (χ3v) is 4.59. The van der Waals surface area contributed by atoms with Gasteiger partial charge in [-0.1, -0.05) is 35.0 Å². The first-order valence-electron chi connectivity index (χ1n) is 8.17. The van der Waals surface area contributed by atoms with Crippen molar-refractivity contribution >= 4 is 17.5 Å². The summed E-state index contributed by atoms with van der Waals surface area (Å²) >= 11 is 6.00. The summed E-state index contributed by atoms with van der Waals surface area (Å²) in [6.07, 6.45) is 0. The first kappa shape index (κ1) is 16.6. The lowest BCUT2D eigenvalue weighted by Crippen LogP contribution is -2.48. The molecule has 0 aliphatic carbocycles. The van der Waals surface area contributed by atoms with Crippen LogP contribution in [0.4, 0.5) is 0 Å². The summed E-state index contributed by atoms with van der Waals surface area (Å²) in [7, 11) is 1.58. The highest BCUT2D eigenvalue weighted by molar-refractivity contribution is 6.30. The molecule has 0 N–H and O–H groups in total. The van der Waals surface area contributed by atoms with Crippen LogP contribution < -0.4 is 4.74 Å². The van der Waals surface area contributed by atoms with Crippen molar-refractivity contribution in [3.8, 4) is 17.1 Å². The normalized spacial score (nSPS) is 14.2. The van der Waals surface area contributed by atoms with E-state index in [-0.39, 0.29) is 11.8 Å². The first-order chi connectivity index (χ1) is 12.6. The van der Waals surface area contributed by atoms with Crippen LogP contribution in [-0.2, 0) is 0 Å². The Morgan fingerprint density at radius 3 is 2.81 bits per heavy atom. The van der Waals surface area contributed by atoms with Crippen LogP contribution >= 0.6 is 11.6 Å². The highest BCUT2D eigenvalue weighted by Gasteiger charge is 2.36. The Kier molecular flexibility index (Phi) is 4.34. The average molecular weight is 370 g/mol. The molecular weight excluding hydrogens is 354 g/mol. The number of carbonyl (C=O) groups is 1. The van der Waals surface area contributed by atoms with Gasteiger partial charge in [0.05, 0.1) is 13.0 Å². The van der Waals surface area contributed by atoms with Crippen LogP contribution in [0.3, 0.4) is 0 Å². The van der Waals surface area contributed by atoms with Crippen molar-refractivity contribution in [2.75, 3.05) is 20.2 Å². The van der Waals surface area contributed by atoms with E-state index in [9.17, 15) is 4.79 Å². The van der Waals surface area contributed by atoms with E-state index in [2.05, 4.69) is 10.1 Å². The van der Waals surface area contributed by atoms with Gasteiger partial charge in [0.1, 0.15) is 5.75 Å². The molecule has 132 valence electrons. The van der Waals surface area contributed by atoms with Gasteiger partial charge in [0, 0.05) is 29.2 Å². The van der Waals surface area contributed by atoms with Crippen LogP contribution in [0.15, 0.2) is 53.1 Å². The summed E-state index contributed by atoms with van der Waals surface area (Å²) < 4.78 is 10.5. The van der Waals surface area contributed by atoms with Crippen molar-refractivity contribution < 1.29 is 14.1 Å². The zero-order valence-electron chi connectivity index (χ0n) is 14.1. The van der Waals surface area contributed by atoms with E-state index in [0.29, 0.717) is 41.1 Å². The van der Waals surface area contributed by atoms with E-state index in [1.54, 1.807) is 42.3 Å². The molecule has 4 rings (SSSR count). The Bertz CT molecular complexity index is 950. The molecule has 0 bridgehead atoms. The molecule has 2 aromatic carbocycles. The van der Waals surface area contributed by atoms with E-state index >= 15 is 0 Å². The fourth-order valence-electron chi connectivity index (χ4n) is 2.89. The molecule has 0 unspecified atom stereocenters. The maximum absolute atomic E-state index is 12.5. The molecule has 6 nitrogen and oxygen atoms in total. The summed E-state index contributed by atoms with van der Waals surface area (Å²) in [5, 5.41) is 4.63. The molecule has 0 spiro atoms. The highest BCUT2D eigenvalue weighted by Crippen LogP contribution is 2.29. The third-order valence-electron chi connectivity index (χ3n) is 4.36. The Morgan fingerprint density at radius 1 is 1.23 bits per heavy atom. The molecule has 0 atom stereocenters. The number of benzene rings is 2. The summed E-state index contributed by atoms with van der Waals surface area (Å²) in [5.41, 5.74) is 1.41. The van der Waals surface area contributed by atoms with E-state index in [1.807, 2.05) is 18.2 Å². The maximum Gasteiger partial charge on any atom is 0.254 e. The lowest BCUT2D eigenvalue weighted by molar-refractivity contribution is 0.0569. The van der Waals surface area contributed by atoms with Crippen molar-refractivity contribution in [2.45, 2.75) is 5.92 Å². The number of hydrogen-bond donors (Lipinski definition) is 0. The number of rotatable bonds is 4. The molecule has 1 aliphatic rings. The molecule has 26 heavy (non-hydrogen) atoms. The summed E-state index contributed by atoms with van der Waals surface area (Å²) in [4.78, 5) is 18.7. The Morgan fingerprint density at radius 2 is 2.04 bits per heavy atom. The molecule has 3 aromatic rings. The standard InChI is InChI=1S/C19H16ClN3O3/c1-25-16-7-3-5-13(9-16)19(24)23-10-14(11-23)18-21-17(22-26-18)12-4-2-6-15(20)8-12/h2-9,14H,10-11H2,1H3. The predicted octanol–water partition coefficient (Wildman–Crippen LogP) is 3.64. The minimum Gasteiger partial charge on any atom is -0.497 e. The third kappa shape index (κ3) is 3.15. The fourth-order valence-corrected chi connectivity index (χ4v) is 3.08. The molecule has 7 heteroatoms. The molecule has 0 radical (unpaired) electrons. The number of ether oxygens (including phenoxy) is 1. The van der Waals surface area contributed by atoms with Crippen LogP contribution in [-0.4, -0.2) is 41.1 Å². The largest absolute Gasteiger partial charge is 0.497 e. The quantitative estimate of drug-likeness (QED) is 0.702. The second-order valence-corrected chi connectivity index (χ2v) is 6.54. The van der Waals surface area contributed by atoms with Gasteiger partial charge in [0.15, 0.2) is 0 Å². The number of hydrogen-bond acceptors (Lipinski definition) is 5. The lowest BCUT2D eigenvalue weighted by Gasteiger charge is -2.37. The molecule has 1 aliphatic heterocycles. The first-order valence-corrected chi connectivity index (χ1v) is 8.54. The number of amides is 1. The van der Waals surface area contributed by atoms with Crippen molar-refractivity contribution in [3.05, 3.63) is 65.0 Å². The number of aromatic nitrogens is 2. The number of likely N-dealkylation sites (tertiary alicyclic amines) is 1. The van der Waals surface area contributed by atoms with E-state index in [4.69, 9.17) is 20.9 Å². The number of carbonyl (C=O) groups excluding carboxylic acids is 1. The average Bonchev–Trinajstić information content (AvgIpc) is 3.10. The zero-order valence-corrected chi connectivity index (χ0v) is 14.8. The summed E-state index contributed by atoms with van der Waals surface area (Å²) in [5.74, 6) is 1.71. The summed E-state index contributed by atoms with van der Waals surface area (Å²) in [6, 6.07) is 14.4. The number of halogens is 1. The second kappa shape index (κ2) is 6.80. The van der Waals surface area contributed by atoms with Gasteiger partial charge >= 0.3 is 0 Å². The van der Waals surface area contributed by atoms with Gasteiger partial charge in [0.2, 0.25) is 11.7 Å². The van der Waals surface area contributed by atoms with Crippen molar-refractivity contribution in [3.63, 3.8) is 0 Å². The monoisotopic (exact) mass is 369 g/mol. The number of methoxy groups -OCH3 is 1. The van der Waals surface area contributed by atoms with E-state index in [1.165, 1.54) is 0 Å². The Hall–Kier alpha value is -2.86. The van der Waals surface area contributed by atoms with Gasteiger partial charge in [-0.05, 0) is 30.3 Å². The predicted molar refractivity (Wildman–Crippen MR) is 96.4 cm³/mol. The Labute approximate surface area is 155 Å². The molecule has 1 aromatic heterocycles. The van der Waals surface area contributed by atoms with E-state index in [0.717, 1.165) is 5.56 Å². The maximum atomic E-state index is 12.5. The summed E-state index contributed by atoms with van der Waals surface area (Å²) in [6.45, 7) is 1.10. The molecule has 0 saturated carbocycles. The van der Waals surface area contributed by atoms with Crippen LogP contribution in [0.1, 0.15) is 22.2 Å². The zero-order chi connectivity index (χ0) is 18.1. The van der Waals surface area contributed by atoms with Crippen LogP contribution in [0, 0.1) is 0 Å². The van der Waals surface area contributed by atoms with Crippen LogP contribution in [0.25, 0.3) is 11.4 Å². The highest BCUT2D eigenvalue weighted by atomic mass is 35.5. The van der Waals surface area contributed by atoms with Gasteiger partial charge in [-0.25, -0.2) is 0 Å². The van der Waals surface area contributed by atoms with Gasteiger partial charge in [-0.2, -0.15) is 4.98 Å². The topological polar surface area (TPSA) is 68.5 Å². The van der Waals surface area contributed by atoms with Gasteiger partial charge < -0.3 is 14.2 Å². The molecule has 1 fully saturated rings. The Balaban J connectivity index is 1.42. The fraction of sp³-hybridized carbons (Fsp3) is 0.211. The van der Waals surface area contributed by atoms with Crippen LogP contribution in [0.2, 0.25) is 5.02 Å². The van der Waals surface area contributed by atoms with Gasteiger partial charge in [0.25, 0.3) is 5.91 Å². The van der Waals surface area contributed by atoms with Crippen LogP contribution in [0.5, 0.6) is 5.75 Å². The SMILES string of the molecule is COc1cccc(C(=O)N2CC(c3nc(-c4cccc(Cl)c4)no3)C2)c1. The van der Waals surface area contributed by atoms with Crippen molar-refractivity contribution in [2.24, 2.45) is 0 Å². The minimum absolute atomic E-state index is 0.0327. The van der Waals surface area contributed by atoms with E-state index < -0.39 is 0 Å². The van der Waals surface area contributed by atoms with Gasteiger partial charge in [-0.15, -0.1) is 0 Å². The molecule has 1 saturated heterocycles. The molecule has 2 heterocycles. The lowest BCUT2D eigenvalue weighted by atomic mass is 9.98. The van der Waals surface area contributed by atoms with Gasteiger partial charge in [-0.3, -0.25) is 4.79 Å². The van der Waals surface area contributed by atoms with Crippen molar-refractivity contribution in [1.82, 2.24) is 15.0 Å². The smallest absolute Gasteiger partial charge is 0.254 e. The minimum atomic E-state index is -0.0327. The molecule has 1 amide bonds. The number of nitrogens with zero attached hydrogens (tertiary/aromatic N) is 3.